The molecule has 1 unspecified atom stereocenters. The van der Waals surface area contributed by atoms with E-state index in [4.69, 9.17) is 5.73 Å². The van der Waals surface area contributed by atoms with Crippen molar-refractivity contribution in [2.24, 2.45) is 0 Å². The minimum atomic E-state index is -0.906. The number of rotatable bonds is 4. The predicted molar refractivity (Wildman–Crippen MR) is 64.7 cm³/mol. The van der Waals surface area contributed by atoms with Gasteiger partial charge in [-0.1, -0.05) is 13.3 Å². The van der Waals surface area contributed by atoms with Gasteiger partial charge in [0.2, 0.25) is 0 Å². The molecule has 0 aromatic heterocycles. The Morgan fingerprint density at radius 1 is 1.50 bits per heavy atom. The molecule has 1 aromatic carbocycles. The van der Waals surface area contributed by atoms with Gasteiger partial charge in [-0.05, 0) is 40.5 Å². The van der Waals surface area contributed by atoms with Crippen LogP contribution >= 0.6 is 15.9 Å². The molecule has 0 fully saturated rings. The molecule has 1 atom stereocenters. The highest BCUT2D eigenvalue weighted by molar-refractivity contribution is 9.10. The monoisotopic (exact) mass is 275 g/mol. The number of halogens is 1. The average molecular weight is 276 g/mol. The van der Waals surface area contributed by atoms with Crippen LogP contribution in [0.25, 0.3) is 0 Å². The fourth-order valence-corrected chi connectivity index (χ4v) is 3.29. The summed E-state index contributed by atoms with van der Waals surface area (Å²) in [7, 11) is -0.906. The second-order valence-corrected chi connectivity index (χ2v) is 5.49. The van der Waals surface area contributed by atoms with Crippen LogP contribution in [0.3, 0.4) is 0 Å². The third-order valence-corrected chi connectivity index (χ3v) is 4.31. The van der Waals surface area contributed by atoms with E-state index in [2.05, 4.69) is 22.9 Å². The van der Waals surface area contributed by atoms with Crippen LogP contribution < -0.4 is 5.73 Å². The summed E-state index contributed by atoms with van der Waals surface area (Å²) >= 11 is 3.37. The highest BCUT2D eigenvalue weighted by atomic mass is 79.9. The summed E-state index contributed by atoms with van der Waals surface area (Å²) in [6, 6.07) is 5.40. The van der Waals surface area contributed by atoms with E-state index in [1.807, 2.05) is 6.07 Å². The van der Waals surface area contributed by atoms with Crippen LogP contribution in [0.15, 0.2) is 27.6 Å². The summed E-state index contributed by atoms with van der Waals surface area (Å²) < 4.78 is 12.6. The van der Waals surface area contributed by atoms with Crippen LogP contribution in [0.1, 0.15) is 19.8 Å². The van der Waals surface area contributed by atoms with Crippen molar-refractivity contribution < 1.29 is 4.21 Å². The Morgan fingerprint density at radius 2 is 2.21 bits per heavy atom. The smallest absolute Gasteiger partial charge is 0.0541 e. The molecule has 14 heavy (non-hydrogen) atoms. The molecule has 0 heterocycles. The lowest BCUT2D eigenvalue weighted by Crippen LogP contribution is -1.99. The molecule has 0 radical (unpaired) electrons. The van der Waals surface area contributed by atoms with Gasteiger partial charge in [0.15, 0.2) is 0 Å². The second-order valence-electron chi connectivity index (χ2n) is 3.09. The first kappa shape index (κ1) is 11.7. The SMILES string of the molecule is CCCCS(=O)c1ccc(N)cc1Br. The summed E-state index contributed by atoms with van der Waals surface area (Å²) in [6.45, 7) is 2.09. The zero-order chi connectivity index (χ0) is 10.6. The largest absolute Gasteiger partial charge is 0.399 e. The van der Waals surface area contributed by atoms with Crippen LogP contribution in [0, 0.1) is 0 Å². The molecule has 0 amide bonds. The summed E-state index contributed by atoms with van der Waals surface area (Å²) in [5, 5.41) is 0. The third kappa shape index (κ3) is 3.10. The van der Waals surface area contributed by atoms with E-state index >= 15 is 0 Å². The van der Waals surface area contributed by atoms with Gasteiger partial charge in [0.1, 0.15) is 0 Å². The van der Waals surface area contributed by atoms with E-state index in [1.54, 1.807) is 12.1 Å². The zero-order valence-electron chi connectivity index (χ0n) is 8.13. The molecule has 0 bridgehead atoms. The van der Waals surface area contributed by atoms with Crippen molar-refractivity contribution in [1.29, 1.82) is 0 Å². The molecular weight excluding hydrogens is 262 g/mol. The molecule has 0 spiro atoms. The highest BCUT2D eigenvalue weighted by Gasteiger charge is 2.07. The van der Waals surface area contributed by atoms with Gasteiger partial charge in [-0.3, -0.25) is 4.21 Å². The molecule has 2 nitrogen and oxygen atoms in total. The van der Waals surface area contributed by atoms with E-state index < -0.39 is 10.8 Å². The number of hydrogen-bond acceptors (Lipinski definition) is 2. The number of nitrogen functional groups attached to an aromatic ring is 1. The number of nitrogens with two attached hydrogens (primary N) is 1. The Labute approximate surface area is 95.5 Å². The molecule has 1 aromatic rings. The molecule has 0 aliphatic heterocycles. The topological polar surface area (TPSA) is 43.1 Å². The first-order valence-electron chi connectivity index (χ1n) is 4.58. The number of benzene rings is 1. The van der Waals surface area contributed by atoms with Crippen LogP contribution in [0.2, 0.25) is 0 Å². The first-order chi connectivity index (χ1) is 6.65. The highest BCUT2D eigenvalue weighted by Crippen LogP contribution is 2.23. The van der Waals surface area contributed by atoms with Gasteiger partial charge in [-0.2, -0.15) is 0 Å². The van der Waals surface area contributed by atoms with Crippen LogP contribution in [0.5, 0.6) is 0 Å². The normalized spacial score (nSPS) is 12.7. The second kappa shape index (κ2) is 5.51. The number of unbranched alkanes of at least 4 members (excludes halogenated alkanes) is 1. The molecule has 0 saturated heterocycles. The van der Waals surface area contributed by atoms with Crippen LogP contribution in [0.4, 0.5) is 5.69 Å². The Morgan fingerprint density at radius 3 is 2.79 bits per heavy atom. The number of anilines is 1. The first-order valence-corrected chi connectivity index (χ1v) is 6.69. The molecule has 2 N–H and O–H groups in total. The van der Waals surface area contributed by atoms with Gasteiger partial charge in [0.05, 0.1) is 15.7 Å². The van der Waals surface area contributed by atoms with Gasteiger partial charge in [-0.25, -0.2) is 0 Å². The van der Waals surface area contributed by atoms with Crippen molar-refractivity contribution in [3.8, 4) is 0 Å². The summed E-state index contributed by atoms with van der Waals surface area (Å²) in [4.78, 5) is 0.840. The lowest BCUT2D eigenvalue weighted by molar-refractivity contribution is 0.679. The molecule has 0 saturated carbocycles. The maximum Gasteiger partial charge on any atom is 0.0541 e. The van der Waals surface area contributed by atoms with Gasteiger partial charge in [-0.15, -0.1) is 0 Å². The van der Waals surface area contributed by atoms with Crippen LogP contribution in [-0.4, -0.2) is 9.96 Å². The molecule has 1 rings (SSSR count). The molecule has 0 aliphatic carbocycles. The molecule has 4 heteroatoms. The van der Waals surface area contributed by atoms with Gasteiger partial charge in [0.25, 0.3) is 0 Å². The summed E-state index contributed by atoms with van der Waals surface area (Å²) in [5.41, 5.74) is 6.29. The maximum absolute atomic E-state index is 11.8. The standard InChI is InChI=1S/C10H14BrNOS/c1-2-3-6-14(13)10-5-4-8(12)7-9(10)11/h4-5,7H,2-3,6,12H2,1H3. The number of hydrogen-bond donors (Lipinski definition) is 1. The van der Waals surface area contributed by atoms with Gasteiger partial charge in [0, 0.05) is 15.9 Å². The van der Waals surface area contributed by atoms with Gasteiger partial charge >= 0.3 is 0 Å². The molecule has 78 valence electrons. The minimum Gasteiger partial charge on any atom is -0.399 e. The lowest BCUT2D eigenvalue weighted by Gasteiger charge is -2.04. The Kier molecular flexibility index (Phi) is 4.62. The zero-order valence-corrected chi connectivity index (χ0v) is 10.5. The quantitative estimate of drug-likeness (QED) is 0.859. The summed E-state index contributed by atoms with van der Waals surface area (Å²) in [5.74, 6) is 0.721. The predicted octanol–water partition coefficient (Wildman–Crippen LogP) is 2.94. The van der Waals surface area contributed by atoms with E-state index in [1.165, 1.54) is 0 Å². The van der Waals surface area contributed by atoms with Crippen LogP contribution in [-0.2, 0) is 10.8 Å². The van der Waals surface area contributed by atoms with E-state index in [-0.39, 0.29) is 0 Å². The molecular formula is C10H14BrNOS. The Hall–Kier alpha value is -0.350. The molecule has 0 aliphatic rings. The van der Waals surface area contributed by atoms with Gasteiger partial charge < -0.3 is 5.73 Å². The fraction of sp³-hybridized carbons (Fsp3) is 0.400. The van der Waals surface area contributed by atoms with Crippen molar-refractivity contribution in [2.45, 2.75) is 24.7 Å². The van der Waals surface area contributed by atoms with Crippen molar-refractivity contribution in [3.05, 3.63) is 22.7 Å². The average Bonchev–Trinajstić information content (AvgIpc) is 2.14. The van der Waals surface area contributed by atoms with E-state index in [0.29, 0.717) is 5.69 Å². The van der Waals surface area contributed by atoms with Crippen molar-refractivity contribution in [2.75, 3.05) is 11.5 Å². The van der Waals surface area contributed by atoms with Crippen molar-refractivity contribution in [1.82, 2.24) is 0 Å². The third-order valence-electron chi connectivity index (χ3n) is 1.88. The Bertz CT molecular complexity index is 341. The maximum atomic E-state index is 11.8. The van der Waals surface area contributed by atoms with Crippen molar-refractivity contribution in [3.63, 3.8) is 0 Å². The minimum absolute atomic E-state index is 0.688. The fourth-order valence-electron chi connectivity index (χ4n) is 1.09. The van der Waals surface area contributed by atoms with E-state index in [9.17, 15) is 4.21 Å². The Balaban J connectivity index is 2.80. The van der Waals surface area contributed by atoms with Crippen molar-refractivity contribution >= 4 is 32.4 Å². The van der Waals surface area contributed by atoms with E-state index in [0.717, 1.165) is 28.0 Å². The lowest BCUT2D eigenvalue weighted by atomic mass is 10.3. The summed E-state index contributed by atoms with van der Waals surface area (Å²) in [6.07, 6.45) is 2.06.